The highest BCUT2D eigenvalue weighted by Crippen LogP contribution is 2.28. The molecule has 0 radical (unpaired) electrons. The van der Waals surface area contributed by atoms with Gasteiger partial charge in [-0.15, -0.1) is 0 Å². The molecule has 0 atom stereocenters. The summed E-state index contributed by atoms with van der Waals surface area (Å²) in [6, 6.07) is 25.0. The molecule has 1 amide bonds. The van der Waals surface area contributed by atoms with E-state index in [-0.39, 0.29) is 5.91 Å². The van der Waals surface area contributed by atoms with Crippen LogP contribution in [0.15, 0.2) is 78.9 Å². The second kappa shape index (κ2) is 7.53. The molecule has 1 aromatic heterocycles. The molecule has 4 aromatic rings. The lowest BCUT2D eigenvalue weighted by Crippen LogP contribution is -2.13. The minimum absolute atomic E-state index is 0.168. The molecule has 0 fully saturated rings. The number of ether oxygens (including phenoxy) is 1. The number of aromatic nitrogens is 1. The molecule has 0 aliphatic carbocycles. The van der Waals surface area contributed by atoms with Crippen LogP contribution in [0.25, 0.3) is 22.2 Å². The van der Waals surface area contributed by atoms with Gasteiger partial charge < -0.3 is 10.1 Å². The molecule has 0 bridgehead atoms. The summed E-state index contributed by atoms with van der Waals surface area (Å²) >= 11 is 0. The number of rotatable bonds is 4. The third kappa shape index (κ3) is 3.58. The molecular formula is C24H20N2O2. The van der Waals surface area contributed by atoms with E-state index in [1.54, 1.807) is 7.11 Å². The molecule has 0 aliphatic rings. The Balaban J connectivity index is 1.83. The van der Waals surface area contributed by atoms with Gasteiger partial charge in [-0.3, -0.25) is 4.79 Å². The molecule has 1 N–H and O–H groups in total. The summed E-state index contributed by atoms with van der Waals surface area (Å²) in [6.07, 6.45) is 0. The van der Waals surface area contributed by atoms with Gasteiger partial charge in [0.15, 0.2) is 0 Å². The summed E-state index contributed by atoms with van der Waals surface area (Å²) in [7, 11) is 1.62. The molecule has 1 heterocycles. The molecule has 4 nitrogen and oxygen atoms in total. The highest BCUT2D eigenvalue weighted by molar-refractivity contribution is 6.13. The predicted octanol–water partition coefficient (Wildman–Crippen LogP) is 5.47. The molecule has 0 saturated heterocycles. The maximum Gasteiger partial charge on any atom is 0.256 e. The highest BCUT2D eigenvalue weighted by Gasteiger charge is 2.15. The summed E-state index contributed by atoms with van der Waals surface area (Å²) in [4.78, 5) is 17.8. The van der Waals surface area contributed by atoms with Gasteiger partial charge >= 0.3 is 0 Å². The van der Waals surface area contributed by atoms with Crippen LogP contribution >= 0.6 is 0 Å². The lowest BCUT2D eigenvalue weighted by molar-refractivity contribution is 0.102. The first-order valence-electron chi connectivity index (χ1n) is 9.06. The van der Waals surface area contributed by atoms with Gasteiger partial charge in [-0.1, -0.05) is 48.0 Å². The zero-order valence-corrected chi connectivity index (χ0v) is 15.8. The number of hydrogen-bond donors (Lipinski definition) is 1. The number of fused-ring (bicyclic) bond motifs is 1. The first-order valence-corrected chi connectivity index (χ1v) is 9.06. The Labute approximate surface area is 163 Å². The summed E-state index contributed by atoms with van der Waals surface area (Å²) in [5, 5.41) is 3.77. The molecule has 4 rings (SSSR count). The zero-order chi connectivity index (χ0) is 19.5. The van der Waals surface area contributed by atoms with E-state index in [4.69, 9.17) is 9.72 Å². The van der Waals surface area contributed by atoms with E-state index in [1.165, 1.54) is 0 Å². The van der Waals surface area contributed by atoms with E-state index in [9.17, 15) is 4.79 Å². The Morgan fingerprint density at radius 2 is 1.68 bits per heavy atom. The predicted molar refractivity (Wildman–Crippen MR) is 113 cm³/mol. The van der Waals surface area contributed by atoms with E-state index < -0.39 is 0 Å². The number of carbonyl (C=O) groups is 1. The molecule has 138 valence electrons. The fourth-order valence-electron chi connectivity index (χ4n) is 3.12. The summed E-state index contributed by atoms with van der Waals surface area (Å²) in [5.41, 5.74) is 4.90. The second-order valence-electron chi connectivity index (χ2n) is 6.62. The molecule has 0 spiro atoms. The van der Waals surface area contributed by atoms with Crippen molar-refractivity contribution in [1.82, 2.24) is 4.98 Å². The van der Waals surface area contributed by atoms with Crippen LogP contribution in [0.4, 0.5) is 5.69 Å². The van der Waals surface area contributed by atoms with Crippen molar-refractivity contribution in [3.63, 3.8) is 0 Å². The van der Waals surface area contributed by atoms with Gasteiger partial charge in [0.05, 0.1) is 23.9 Å². The average Bonchev–Trinajstić information content (AvgIpc) is 2.74. The number of benzene rings is 3. The van der Waals surface area contributed by atoms with Crippen LogP contribution in [-0.4, -0.2) is 18.0 Å². The van der Waals surface area contributed by atoms with Crippen molar-refractivity contribution < 1.29 is 9.53 Å². The van der Waals surface area contributed by atoms with E-state index in [0.29, 0.717) is 11.3 Å². The molecule has 28 heavy (non-hydrogen) atoms. The van der Waals surface area contributed by atoms with Gasteiger partial charge in [-0.05, 0) is 37.3 Å². The van der Waals surface area contributed by atoms with Crippen molar-refractivity contribution in [3.8, 4) is 17.0 Å². The third-order valence-electron chi connectivity index (χ3n) is 4.64. The van der Waals surface area contributed by atoms with Gasteiger partial charge in [-0.2, -0.15) is 0 Å². The van der Waals surface area contributed by atoms with Crippen molar-refractivity contribution >= 4 is 22.5 Å². The fraction of sp³-hybridized carbons (Fsp3) is 0.0833. The lowest BCUT2D eigenvalue weighted by Gasteiger charge is -2.12. The topological polar surface area (TPSA) is 51.2 Å². The molecular weight excluding hydrogens is 348 g/mol. The van der Waals surface area contributed by atoms with Gasteiger partial charge in [0, 0.05) is 22.7 Å². The fourth-order valence-corrected chi connectivity index (χ4v) is 3.12. The Kier molecular flexibility index (Phi) is 4.77. The van der Waals surface area contributed by atoms with Crippen molar-refractivity contribution in [2.24, 2.45) is 0 Å². The molecule has 0 unspecified atom stereocenters. The zero-order valence-electron chi connectivity index (χ0n) is 15.8. The van der Waals surface area contributed by atoms with E-state index in [1.807, 2.05) is 85.8 Å². The number of carbonyl (C=O) groups excluding carboxylic acids is 1. The van der Waals surface area contributed by atoms with Crippen LogP contribution in [0.3, 0.4) is 0 Å². The number of aryl methyl sites for hydroxylation is 1. The summed E-state index contributed by atoms with van der Waals surface area (Å²) in [6.45, 7) is 2.02. The number of methoxy groups -OCH3 is 1. The largest absolute Gasteiger partial charge is 0.497 e. The minimum Gasteiger partial charge on any atom is -0.497 e. The Morgan fingerprint density at radius 3 is 2.39 bits per heavy atom. The molecule has 0 aliphatic heterocycles. The molecule has 4 heteroatoms. The van der Waals surface area contributed by atoms with Crippen LogP contribution in [0.2, 0.25) is 0 Å². The van der Waals surface area contributed by atoms with E-state index in [0.717, 1.165) is 33.4 Å². The number of nitrogens with zero attached hydrogens (tertiary/aromatic N) is 1. The molecule has 0 saturated carbocycles. The first kappa shape index (κ1) is 17.7. The van der Waals surface area contributed by atoms with Crippen LogP contribution < -0.4 is 10.1 Å². The highest BCUT2D eigenvalue weighted by atomic mass is 16.5. The standard InChI is InChI=1S/C24H20N2O2/c1-16-8-10-18(11-9-16)25-24(27)21-15-22(17-6-4-3-5-7-17)26-23-14-19(28-2)12-13-20(21)23/h3-15H,1-2H3,(H,25,27). The lowest BCUT2D eigenvalue weighted by atomic mass is 10.0. The first-order chi connectivity index (χ1) is 13.6. The normalized spacial score (nSPS) is 10.6. The Morgan fingerprint density at radius 1 is 0.929 bits per heavy atom. The van der Waals surface area contributed by atoms with E-state index >= 15 is 0 Å². The number of anilines is 1. The maximum absolute atomic E-state index is 13.1. The van der Waals surface area contributed by atoms with E-state index in [2.05, 4.69) is 5.32 Å². The number of nitrogens with one attached hydrogen (secondary N) is 1. The average molecular weight is 368 g/mol. The quantitative estimate of drug-likeness (QED) is 0.519. The maximum atomic E-state index is 13.1. The summed E-state index contributed by atoms with van der Waals surface area (Å²) in [5.74, 6) is 0.536. The Hall–Kier alpha value is -3.66. The van der Waals surface area contributed by atoms with Crippen LogP contribution in [0.1, 0.15) is 15.9 Å². The van der Waals surface area contributed by atoms with Crippen LogP contribution in [0.5, 0.6) is 5.75 Å². The second-order valence-corrected chi connectivity index (χ2v) is 6.62. The smallest absolute Gasteiger partial charge is 0.256 e. The van der Waals surface area contributed by atoms with Crippen LogP contribution in [-0.2, 0) is 0 Å². The van der Waals surface area contributed by atoms with Crippen molar-refractivity contribution in [1.29, 1.82) is 0 Å². The Bertz CT molecular complexity index is 1140. The SMILES string of the molecule is COc1ccc2c(C(=O)Nc3ccc(C)cc3)cc(-c3ccccc3)nc2c1. The van der Waals surface area contributed by atoms with Gasteiger partial charge in [0.1, 0.15) is 5.75 Å². The van der Waals surface area contributed by atoms with Gasteiger partial charge in [0.2, 0.25) is 0 Å². The van der Waals surface area contributed by atoms with Crippen molar-refractivity contribution in [3.05, 3.63) is 90.0 Å². The van der Waals surface area contributed by atoms with Gasteiger partial charge in [-0.25, -0.2) is 4.98 Å². The van der Waals surface area contributed by atoms with Crippen molar-refractivity contribution in [2.45, 2.75) is 6.92 Å². The molecule has 3 aromatic carbocycles. The number of pyridine rings is 1. The van der Waals surface area contributed by atoms with Gasteiger partial charge in [0.25, 0.3) is 5.91 Å². The monoisotopic (exact) mass is 368 g/mol. The number of hydrogen-bond acceptors (Lipinski definition) is 3. The third-order valence-corrected chi connectivity index (χ3v) is 4.64. The summed E-state index contributed by atoms with van der Waals surface area (Å²) < 4.78 is 5.33. The minimum atomic E-state index is -0.168. The number of amides is 1. The van der Waals surface area contributed by atoms with Crippen LogP contribution in [0, 0.1) is 6.92 Å². The van der Waals surface area contributed by atoms with Crippen molar-refractivity contribution in [2.75, 3.05) is 12.4 Å².